The van der Waals surface area contributed by atoms with Crippen molar-refractivity contribution in [3.05, 3.63) is 34.4 Å². The zero-order valence-corrected chi connectivity index (χ0v) is 8.16. The molecular formula is C6H4ClNO2S2. The summed E-state index contributed by atoms with van der Waals surface area (Å²) in [6.07, 6.45) is 0. The molecule has 0 amide bonds. The van der Waals surface area contributed by atoms with Crippen LogP contribution >= 0.6 is 31.5 Å². The van der Waals surface area contributed by atoms with E-state index in [9.17, 15) is 10.1 Å². The fraction of sp³-hybridized carbons (Fsp3) is 0. The molecule has 12 heavy (non-hydrogen) atoms. The highest BCUT2D eigenvalue weighted by Gasteiger charge is 2.11. The second-order valence-electron chi connectivity index (χ2n) is 1.87. The lowest BCUT2D eigenvalue weighted by molar-refractivity contribution is -0.387. The quantitative estimate of drug-likeness (QED) is 0.445. The minimum atomic E-state index is -0.421. The molecule has 0 atom stereocenters. The first kappa shape index (κ1) is 9.70. The van der Waals surface area contributed by atoms with Crippen LogP contribution in [-0.4, -0.2) is 4.92 Å². The minimum Gasteiger partial charge on any atom is -0.258 e. The summed E-state index contributed by atoms with van der Waals surface area (Å²) < 4.78 is 0. The van der Waals surface area contributed by atoms with Crippen LogP contribution in [-0.2, 0) is 0 Å². The molecule has 64 valence electrons. The van der Waals surface area contributed by atoms with Gasteiger partial charge in [0.15, 0.2) is 0 Å². The Morgan fingerprint density at radius 1 is 1.42 bits per heavy atom. The van der Waals surface area contributed by atoms with Crippen LogP contribution < -0.4 is 0 Å². The second-order valence-corrected chi connectivity index (χ2v) is 4.62. The lowest BCUT2D eigenvalue weighted by Gasteiger charge is -1.96. The summed E-state index contributed by atoms with van der Waals surface area (Å²) in [5.41, 5.74) is 0.0932. The van der Waals surface area contributed by atoms with Crippen molar-refractivity contribution < 1.29 is 4.92 Å². The fourth-order valence-corrected chi connectivity index (χ4v) is 2.38. The Labute approximate surface area is 81.5 Å². The van der Waals surface area contributed by atoms with Crippen LogP contribution in [0.15, 0.2) is 29.2 Å². The summed E-state index contributed by atoms with van der Waals surface area (Å²) in [6, 6.07) is 6.48. The number of nitro groups is 1. The van der Waals surface area contributed by atoms with Crippen LogP contribution in [0.25, 0.3) is 0 Å². The monoisotopic (exact) mass is 221 g/mol. The van der Waals surface area contributed by atoms with Crippen LogP contribution in [0, 0.1) is 10.1 Å². The van der Waals surface area contributed by atoms with Gasteiger partial charge in [-0.15, -0.1) is 0 Å². The van der Waals surface area contributed by atoms with Gasteiger partial charge in [0.2, 0.25) is 0 Å². The number of hydrogen-bond acceptors (Lipinski definition) is 4. The van der Waals surface area contributed by atoms with E-state index in [1.807, 2.05) is 0 Å². The Kier molecular flexibility index (Phi) is 3.71. The third kappa shape index (κ3) is 2.30. The molecule has 0 unspecified atom stereocenters. The highest BCUT2D eigenvalue weighted by Crippen LogP contribution is 2.38. The highest BCUT2D eigenvalue weighted by atomic mass is 35.7. The fourth-order valence-electron chi connectivity index (χ4n) is 0.712. The molecule has 0 aliphatic rings. The van der Waals surface area contributed by atoms with Gasteiger partial charge in [-0.05, 0) is 27.5 Å². The third-order valence-electron chi connectivity index (χ3n) is 1.18. The average molecular weight is 222 g/mol. The number of nitrogens with zero attached hydrogens (tertiary/aromatic N) is 1. The Bertz CT molecular complexity index is 295. The maximum absolute atomic E-state index is 10.4. The summed E-state index contributed by atoms with van der Waals surface area (Å²) >= 11 is 0. The molecule has 0 aliphatic carbocycles. The number of hydrogen-bond donors (Lipinski definition) is 0. The Morgan fingerprint density at radius 2 is 2.08 bits per heavy atom. The van der Waals surface area contributed by atoms with Gasteiger partial charge in [-0.1, -0.05) is 12.1 Å². The van der Waals surface area contributed by atoms with Crippen molar-refractivity contribution in [3.8, 4) is 0 Å². The van der Waals surface area contributed by atoms with Gasteiger partial charge in [-0.25, -0.2) is 0 Å². The summed E-state index contributed by atoms with van der Waals surface area (Å²) in [7, 11) is 7.51. The lowest BCUT2D eigenvalue weighted by Crippen LogP contribution is -1.88. The predicted octanol–water partition coefficient (Wildman–Crippen LogP) is 3.49. The smallest absolute Gasteiger partial charge is 0.258 e. The summed E-state index contributed by atoms with van der Waals surface area (Å²) in [5, 5.41) is 10.4. The van der Waals surface area contributed by atoms with Gasteiger partial charge in [-0.2, -0.15) is 0 Å². The summed E-state index contributed by atoms with van der Waals surface area (Å²) in [4.78, 5) is 10.6. The van der Waals surface area contributed by atoms with Crippen LogP contribution in [0.3, 0.4) is 0 Å². The molecular weight excluding hydrogens is 218 g/mol. The Hall–Kier alpha value is -0.390. The molecule has 0 heterocycles. The van der Waals surface area contributed by atoms with Crippen LogP contribution in [0.4, 0.5) is 5.69 Å². The molecule has 0 spiro atoms. The third-order valence-corrected chi connectivity index (χ3v) is 3.07. The van der Waals surface area contributed by atoms with Crippen molar-refractivity contribution in [2.24, 2.45) is 0 Å². The maximum Gasteiger partial charge on any atom is 0.283 e. The standard InChI is InChI=1S/C6H4ClNO2S2/c7-12-11-6-4-2-1-3-5(6)8(9)10/h1-4H. The van der Waals surface area contributed by atoms with E-state index in [2.05, 4.69) is 0 Å². The normalized spacial score (nSPS) is 9.75. The Balaban J connectivity index is 3.00. The minimum absolute atomic E-state index is 0.0932. The first-order valence-corrected chi connectivity index (χ1v) is 5.92. The zero-order chi connectivity index (χ0) is 8.97. The maximum atomic E-state index is 10.4. The van der Waals surface area contributed by atoms with E-state index < -0.39 is 4.92 Å². The molecule has 0 saturated heterocycles. The molecule has 1 aromatic rings. The summed E-state index contributed by atoms with van der Waals surface area (Å²) in [6.45, 7) is 0. The number of halogens is 1. The van der Waals surface area contributed by atoms with Crippen LogP contribution in [0.2, 0.25) is 0 Å². The van der Waals surface area contributed by atoms with Crippen molar-refractivity contribution in [1.29, 1.82) is 0 Å². The van der Waals surface area contributed by atoms with Crippen LogP contribution in [0.1, 0.15) is 0 Å². The van der Waals surface area contributed by atoms with Gasteiger partial charge in [-0.3, -0.25) is 10.1 Å². The highest BCUT2D eigenvalue weighted by molar-refractivity contribution is 8.85. The molecule has 0 fully saturated rings. The largest absolute Gasteiger partial charge is 0.283 e. The van der Waals surface area contributed by atoms with E-state index in [0.29, 0.717) is 4.90 Å². The molecule has 1 aromatic carbocycles. The van der Waals surface area contributed by atoms with Crippen LogP contribution in [0.5, 0.6) is 0 Å². The number of rotatable bonds is 3. The SMILES string of the molecule is O=[N+]([O-])c1ccccc1SSCl. The number of benzene rings is 1. The molecule has 0 bridgehead atoms. The number of nitro benzene ring substituents is 1. The molecule has 0 N–H and O–H groups in total. The van der Waals surface area contributed by atoms with Crippen molar-refractivity contribution in [1.82, 2.24) is 0 Å². The van der Waals surface area contributed by atoms with E-state index in [0.717, 1.165) is 10.0 Å². The lowest BCUT2D eigenvalue weighted by atomic mass is 10.3. The zero-order valence-electron chi connectivity index (χ0n) is 5.77. The van der Waals surface area contributed by atoms with Crippen molar-refractivity contribution >= 4 is 37.2 Å². The molecule has 3 nitrogen and oxygen atoms in total. The van der Waals surface area contributed by atoms with E-state index in [1.165, 1.54) is 16.9 Å². The van der Waals surface area contributed by atoms with Gasteiger partial charge >= 0.3 is 0 Å². The van der Waals surface area contributed by atoms with Gasteiger partial charge in [0.25, 0.3) is 5.69 Å². The van der Waals surface area contributed by atoms with E-state index >= 15 is 0 Å². The van der Waals surface area contributed by atoms with E-state index in [4.69, 9.17) is 10.7 Å². The first-order valence-electron chi connectivity index (χ1n) is 2.94. The molecule has 0 aliphatic heterocycles. The van der Waals surface area contributed by atoms with Crippen molar-refractivity contribution in [2.75, 3.05) is 0 Å². The van der Waals surface area contributed by atoms with E-state index in [-0.39, 0.29) is 5.69 Å². The molecule has 0 saturated carbocycles. The summed E-state index contributed by atoms with van der Waals surface area (Å²) in [5.74, 6) is 0. The van der Waals surface area contributed by atoms with Gasteiger partial charge in [0, 0.05) is 16.1 Å². The van der Waals surface area contributed by atoms with Crippen molar-refractivity contribution in [3.63, 3.8) is 0 Å². The first-order chi connectivity index (χ1) is 5.75. The van der Waals surface area contributed by atoms with Gasteiger partial charge < -0.3 is 0 Å². The van der Waals surface area contributed by atoms with Gasteiger partial charge in [0.05, 0.1) is 9.82 Å². The average Bonchev–Trinajstić information content (AvgIpc) is 2.05. The van der Waals surface area contributed by atoms with E-state index in [1.54, 1.807) is 18.2 Å². The van der Waals surface area contributed by atoms with Crippen molar-refractivity contribution in [2.45, 2.75) is 4.90 Å². The number of para-hydroxylation sites is 1. The predicted molar refractivity (Wildman–Crippen MR) is 52.4 cm³/mol. The molecule has 0 aromatic heterocycles. The topological polar surface area (TPSA) is 43.1 Å². The molecule has 1 rings (SSSR count). The van der Waals surface area contributed by atoms with Gasteiger partial charge in [0.1, 0.15) is 0 Å². The molecule has 0 radical (unpaired) electrons. The second kappa shape index (κ2) is 4.59. The Morgan fingerprint density at radius 3 is 2.67 bits per heavy atom. The molecule has 6 heteroatoms.